The molecule has 3 aromatic carbocycles. The topological polar surface area (TPSA) is 51.2 Å². The van der Waals surface area contributed by atoms with Crippen LogP contribution in [0.25, 0.3) is 0 Å². The van der Waals surface area contributed by atoms with Gasteiger partial charge in [-0.1, -0.05) is 122 Å². The van der Waals surface area contributed by atoms with E-state index in [4.69, 9.17) is 46.4 Å². The minimum absolute atomic E-state index is 0.00507. The molecule has 0 fully saturated rings. The highest BCUT2D eigenvalue weighted by atomic mass is 35.5. The van der Waals surface area contributed by atoms with Gasteiger partial charge < -0.3 is 4.57 Å². The molecular formula is C28H27Cl4O3P. The molecular weight excluding hydrogens is 557 g/mol. The summed E-state index contributed by atoms with van der Waals surface area (Å²) in [5, 5.41) is 0.100. The zero-order valence-corrected chi connectivity index (χ0v) is 23.8. The lowest BCUT2D eigenvalue weighted by atomic mass is 10.1. The van der Waals surface area contributed by atoms with Crippen molar-refractivity contribution in [1.82, 2.24) is 0 Å². The molecule has 0 aromatic heterocycles. The second-order valence-electron chi connectivity index (χ2n) is 8.60. The molecule has 0 atom stereocenters. The number of unbranched alkanes of at least 4 members (excludes halogenated alkanes) is 5. The molecule has 0 unspecified atom stereocenters. The predicted octanol–water partition coefficient (Wildman–Crippen LogP) is 9.87. The molecule has 0 spiro atoms. The molecule has 0 aliphatic heterocycles. The molecule has 3 aromatic rings. The van der Waals surface area contributed by atoms with E-state index in [9.17, 15) is 14.2 Å². The SMILES string of the molecule is CCCCCCCCc1ccc(P(=O)(C(=O)c2c(Cl)cccc2Cl)C(=O)c2c(Cl)cccc2Cl)cc1. The number of aryl methyl sites for hydroxylation is 1. The molecule has 36 heavy (non-hydrogen) atoms. The van der Waals surface area contributed by atoms with Crippen molar-refractivity contribution in [2.45, 2.75) is 51.9 Å². The van der Waals surface area contributed by atoms with Gasteiger partial charge in [-0.2, -0.15) is 0 Å². The van der Waals surface area contributed by atoms with Gasteiger partial charge in [0, 0.05) is 5.30 Å². The van der Waals surface area contributed by atoms with Gasteiger partial charge in [0.05, 0.1) is 31.2 Å². The molecule has 0 saturated carbocycles. The first kappa shape index (κ1) is 29.0. The quantitative estimate of drug-likeness (QED) is 0.157. The lowest BCUT2D eigenvalue weighted by molar-refractivity contribution is 0.104. The van der Waals surface area contributed by atoms with Gasteiger partial charge in [-0.05, 0) is 42.7 Å². The number of carbonyl (C=O) groups is 2. The van der Waals surface area contributed by atoms with Gasteiger partial charge in [0.25, 0.3) is 0 Å². The average Bonchev–Trinajstić information content (AvgIpc) is 2.85. The second kappa shape index (κ2) is 13.3. The predicted molar refractivity (Wildman–Crippen MR) is 152 cm³/mol. The fourth-order valence-corrected chi connectivity index (χ4v) is 7.76. The zero-order chi connectivity index (χ0) is 26.3. The van der Waals surface area contributed by atoms with Gasteiger partial charge >= 0.3 is 0 Å². The molecule has 0 bridgehead atoms. The maximum absolute atomic E-state index is 14.6. The van der Waals surface area contributed by atoms with Gasteiger partial charge in [0.15, 0.2) is 0 Å². The number of benzene rings is 3. The molecule has 8 heteroatoms. The molecule has 0 heterocycles. The van der Waals surface area contributed by atoms with Gasteiger partial charge in [-0.3, -0.25) is 9.59 Å². The zero-order valence-electron chi connectivity index (χ0n) is 19.9. The van der Waals surface area contributed by atoms with E-state index < -0.39 is 18.2 Å². The van der Waals surface area contributed by atoms with Crippen molar-refractivity contribution >= 4 is 69.9 Å². The standard InChI is InChI=1S/C28H27Cl4O3P/c1-2-3-4-5-6-7-10-19-15-17-20(18-16-19)36(35,27(33)25-21(29)11-8-12-22(25)30)28(34)26-23(31)13-9-14-24(26)32/h8-9,11-18H,2-7,10H2,1H3. The molecule has 0 amide bonds. The fourth-order valence-electron chi connectivity index (χ4n) is 4.03. The van der Waals surface area contributed by atoms with Gasteiger partial charge in [-0.15, -0.1) is 0 Å². The van der Waals surface area contributed by atoms with E-state index in [0.29, 0.717) is 0 Å². The van der Waals surface area contributed by atoms with E-state index >= 15 is 0 Å². The summed E-state index contributed by atoms with van der Waals surface area (Å²) in [6.07, 6.45) is 7.90. The Morgan fingerprint density at radius 2 is 1.06 bits per heavy atom. The summed E-state index contributed by atoms with van der Waals surface area (Å²) in [7, 11) is -4.49. The van der Waals surface area contributed by atoms with Crippen molar-refractivity contribution in [3.63, 3.8) is 0 Å². The van der Waals surface area contributed by atoms with E-state index in [2.05, 4.69) is 6.92 Å². The third-order valence-corrected chi connectivity index (χ3v) is 9.92. The Balaban J connectivity index is 2.01. The summed E-state index contributed by atoms with van der Waals surface area (Å²) in [6.45, 7) is 2.19. The highest BCUT2D eigenvalue weighted by Gasteiger charge is 2.45. The molecule has 0 radical (unpaired) electrons. The monoisotopic (exact) mass is 582 g/mol. The average molecular weight is 584 g/mol. The largest absolute Gasteiger partial charge is 0.302 e. The van der Waals surface area contributed by atoms with E-state index in [0.717, 1.165) is 24.8 Å². The van der Waals surface area contributed by atoms with Crippen LogP contribution in [0.4, 0.5) is 0 Å². The van der Waals surface area contributed by atoms with Crippen LogP contribution in [0.5, 0.6) is 0 Å². The summed E-state index contributed by atoms with van der Waals surface area (Å²) in [6, 6.07) is 15.7. The minimum Gasteiger partial charge on any atom is -0.302 e. The Kier molecular flexibility index (Phi) is 10.7. The second-order valence-corrected chi connectivity index (χ2v) is 12.8. The maximum Gasteiger partial charge on any atom is 0.248 e. The van der Waals surface area contributed by atoms with Crippen molar-refractivity contribution in [2.75, 3.05) is 0 Å². The Bertz CT molecular complexity index is 1180. The highest BCUT2D eigenvalue weighted by Crippen LogP contribution is 2.54. The molecule has 0 aliphatic rings. The summed E-state index contributed by atoms with van der Waals surface area (Å²) in [5.74, 6) is 0. The molecule has 0 N–H and O–H groups in total. The first-order valence-corrected chi connectivity index (χ1v) is 15.1. The Morgan fingerprint density at radius 3 is 1.50 bits per heavy atom. The lowest BCUT2D eigenvalue weighted by Gasteiger charge is -2.19. The number of carbonyl (C=O) groups excluding carboxylic acids is 2. The summed E-state index contributed by atoms with van der Waals surface area (Å²) in [5.41, 5.74) is -1.22. The molecule has 0 aliphatic carbocycles. The lowest BCUT2D eigenvalue weighted by Crippen LogP contribution is -2.21. The van der Waals surface area contributed by atoms with Crippen molar-refractivity contribution in [3.8, 4) is 0 Å². The number of halogens is 4. The smallest absolute Gasteiger partial charge is 0.248 e. The summed E-state index contributed by atoms with van der Waals surface area (Å²) in [4.78, 5) is 27.6. The van der Waals surface area contributed by atoms with Crippen LogP contribution in [-0.4, -0.2) is 11.0 Å². The number of hydrogen-bond acceptors (Lipinski definition) is 3. The van der Waals surface area contributed by atoms with E-state index in [1.54, 1.807) is 36.4 Å². The van der Waals surface area contributed by atoms with Gasteiger partial charge in [-0.25, -0.2) is 0 Å². The van der Waals surface area contributed by atoms with Crippen LogP contribution in [0.3, 0.4) is 0 Å². The first-order chi connectivity index (χ1) is 17.2. The Labute approximate surface area is 232 Å². The number of hydrogen-bond donors (Lipinski definition) is 0. The van der Waals surface area contributed by atoms with Gasteiger partial charge in [0.2, 0.25) is 18.2 Å². The van der Waals surface area contributed by atoms with Crippen LogP contribution >= 0.6 is 53.5 Å². The van der Waals surface area contributed by atoms with Crippen molar-refractivity contribution in [2.24, 2.45) is 0 Å². The Morgan fingerprint density at radius 1 is 0.639 bits per heavy atom. The van der Waals surface area contributed by atoms with Gasteiger partial charge in [0.1, 0.15) is 0 Å². The third kappa shape index (κ3) is 6.44. The van der Waals surface area contributed by atoms with Crippen LogP contribution in [0.1, 0.15) is 71.7 Å². The molecule has 3 nitrogen and oxygen atoms in total. The van der Waals surface area contributed by atoms with Crippen molar-refractivity contribution in [1.29, 1.82) is 0 Å². The minimum atomic E-state index is -4.49. The summed E-state index contributed by atoms with van der Waals surface area (Å²) < 4.78 is 14.6. The maximum atomic E-state index is 14.6. The van der Waals surface area contributed by atoms with Crippen LogP contribution in [0, 0.1) is 0 Å². The molecule has 190 valence electrons. The molecule has 0 saturated heterocycles. The molecule has 3 rings (SSSR count). The van der Waals surface area contributed by atoms with Crippen molar-refractivity contribution in [3.05, 3.63) is 97.4 Å². The first-order valence-electron chi connectivity index (χ1n) is 11.9. The highest BCUT2D eigenvalue weighted by molar-refractivity contribution is 8.01. The van der Waals surface area contributed by atoms with Crippen LogP contribution in [-0.2, 0) is 11.0 Å². The van der Waals surface area contributed by atoms with E-state index in [1.165, 1.54) is 49.9 Å². The van der Waals surface area contributed by atoms with Crippen LogP contribution in [0.15, 0.2) is 60.7 Å². The van der Waals surface area contributed by atoms with E-state index in [-0.39, 0.29) is 36.5 Å². The van der Waals surface area contributed by atoms with Crippen LogP contribution in [0.2, 0.25) is 20.1 Å². The Hall–Kier alpha value is -1.61. The summed E-state index contributed by atoms with van der Waals surface area (Å²) >= 11 is 25.1. The fraction of sp³-hybridized carbons (Fsp3) is 0.286. The van der Waals surface area contributed by atoms with Crippen LogP contribution < -0.4 is 5.30 Å². The normalized spacial score (nSPS) is 11.5. The number of rotatable bonds is 12. The van der Waals surface area contributed by atoms with Crippen molar-refractivity contribution < 1.29 is 14.2 Å². The van der Waals surface area contributed by atoms with E-state index in [1.807, 2.05) is 0 Å². The third-order valence-electron chi connectivity index (χ3n) is 6.04.